The van der Waals surface area contributed by atoms with Crippen molar-refractivity contribution in [2.24, 2.45) is 5.92 Å². The number of halogens is 1. The van der Waals surface area contributed by atoms with Crippen LogP contribution < -0.4 is 0 Å². The van der Waals surface area contributed by atoms with Crippen molar-refractivity contribution in [1.82, 2.24) is 9.80 Å². The number of rotatable bonds is 5. The molecule has 2 saturated heterocycles. The Morgan fingerprint density at radius 3 is 2.17 bits per heavy atom. The van der Waals surface area contributed by atoms with Gasteiger partial charge in [0.25, 0.3) is 0 Å². The molecule has 152 valence electrons. The topological polar surface area (TPSA) is 43.8 Å². The minimum Gasteiger partial charge on any atom is -0.395 e. The smallest absolute Gasteiger partial charge is 0.219 e. The molecule has 2 aromatic rings. The van der Waals surface area contributed by atoms with Crippen molar-refractivity contribution in [3.63, 3.8) is 0 Å². The van der Waals surface area contributed by atoms with Gasteiger partial charge in [0.1, 0.15) is 5.82 Å². The van der Waals surface area contributed by atoms with Crippen LogP contribution in [0, 0.1) is 11.7 Å². The summed E-state index contributed by atoms with van der Waals surface area (Å²) >= 11 is 0. The van der Waals surface area contributed by atoms with E-state index in [1.165, 1.54) is 30.5 Å². The second-order valence-electron chi connectivity index (χ2n) is 8.93. The van der Waals surface area contributed by atoms with Crippen molar-refractivity contribution in [3.8, 4) is 11.1 Å². The summed E-state index contributed by atoms with van der Waals surface area (Å²) in [6.07, 6.45) is 2.55. The van der Waals surface area contributed by atoms with E-state index < -0.39 is 0 Å². The summed E-state index contributed by atoms with van der Waals surface area (Å²) in [6, 6.07) is 15.1. The van der Waals surface area contributed by atoms with E-state index in [0.717, 1.165) is 36.7 Å². The van der Waals surface area contributed by atoms with Gasteiger partial charge in [0.05, 0.1) is 12.1 Å². The molecule has 2 aromatic carbocycles. The molecule has 1 saturated carbocycles. The van der Waals surface area contributed by atoms with Gasteiger partial charge < -0.3 is 10.0 Å². The lowest BCUT2D eigenvalue weighted by Gasteiger charge is -2.71. The van der Waals surface area contributed by atoms with Crippen LogP contribution in [0.3, 0.4) is 0 Å². The zero-order chi connectivity index (χ0) is 20.2. The number of aliphatic hydroxyl groups excluding tert-OH is 1. The number of likely N-dealkylation sites (tertiary alicyclic amines) is 2. The first-order valence-corrected chi connectivity index (χ1v) is 10.5. The SMILES string of the molecule is CC(=O)N1CC2(C1)[C@H](c1ccc(-c3ccc(F)cc3)cc1)[C@@H](CO)N2CC1CC1. The highest BCUT2D eigenvalue weighted by molar-refractivity contribution is 5.75. The second-order valence-corrected chi connectivity index (χ2v) is 8.93. The Hall–Kier alpha value is -2.24. The van der Waals surface area contributed by atoms with Crippen LogP contribution in [0.5, 0.6) is 0 Å². The molecule has 1 N–H and O–H groups in total. The predicted octanol–water partition coefficient (Wildman–Crippen LogP) is 3.26. The number of amides is 1. The van der Waals surface area contributed by atoms with Crippen LogP contribution in [0.25, 0.3) is 11.1 Å². The maximum atomic E-state index is 13.2. The van der Waals surface area contributed by atoms with E-state index in [4.69, 9.17) is 0 Å². The normalized spacial score (nSPS) is 25.6. The maximum Gasteiger partial charge on any atom is 0.219 e. The molecule has 29 heavy (non-hydrogen) atoms. The van der Waals surface area contributed by atoms with Crippen LogP contribution in [0.2, 0.25) is 0 Å². The van der Waals surface area contributed by atoms with Gasteiger partial charge in [-0.1, -0.05) is 36.4 Å². The van der Waals surface area contributed by atoms with Gasteiger partial charge >= 0.3 is 0 Å². The molecular weight excluding hydrogens is 367 g/mol. The standard InChI is InChI=1S/C24H27FN2O2/c1-16(29)26-14-24(15-26)23(22(13-28)27(24)12-17-2-3-17)20-6-4-18(5-7-20)19-8-10-21(25)11-9-19/h4-11,17,22-23,28H,2-3,12-15H2,1H3/t22-,23-/m1/s1. The molecule has 1 amide bonds. The molecular formula is C24H27FN2O2. The third-order valence-electron chi connectivity index (χ3n) is 7.10. The number of carbonyl (C=O) groups excluding carboxylic acids is 1. The van der Waals surface area contributed by atoms with Gasteiger partial charge in [-0.3, -0.25) is 9.69 Å². The van der Waals surface area contributed by atoms with E-state index in [1.54, 1.807) is 19.1 Å². The molecule has 4 nitrogen and oxygen atoms in total. The summed E-state index contributed by atoms with van der Waals surface area (Å²) in [5.74, 6) is 0.862. The van der Waals surface area contributed by atoms with Gasteiger partial charge in [0, 0.05) is 38.5 Å². The first kappa shape index (κ1) is 18.8. The number of aliphatic hydroxyl groups is 1. The summed E-state index contributed by atoms with van der Waals surface area (Å²) in [6.45, 7) is 4.29. The zero-order valence-corrected chi connectivity index (χ0v) is 16.7. The van der Waals surface area contributed by atoms with E-state index in [9.17, 15) is 14.3 Å². The van der Waals surface area contributed by atoms with Crippen molar-refractivity contribution in [1.29, 1.82) is 0 Å². The van der Waals surface area contributed by atoms with Gasteiger partial charge in [0.2, 0.25) is 5.91 Å². The first-order chi connectivity index (χ1) is 14.0. The highest BCUT2D eigenvalue weighted by atomic mass is 19.1. The fourth-order valence-corrected chi connectivity index (χ4v) is 5.34. The number of benzene rings is 2. The Kier molecular flexibility index (Phi) is 4.48. The number of carbonyl (C=O) groups is 1. The fourth-order valence-electron chi connectivity index (χ4n) is 5.34. The van der Waals surface area contributed by atoms with E-state index in [-0.39, 0.29) is 35.8 Å². The quantitative estimate of drug-likeness (QED) is 0.847. The lowest BCUT2D eigenvalue weighted by Crippen LogP contribution is -2.85. The molecule has 2 heterocycles. The monoisotopic (exact) mass is 394 g/mol. The molecule has 2 atom stereocenters. The Morgan fingerprint density at radius 2 is 1.66 bits per heavy atom. The summed E-state index contributed by atoms with van der Waals surface area (Å²) in [5.41, 5.74) is 3.21. The molecule has 5 rings (SSSR count). The largest absolute Gasteiger partial charge is 0.395 e. The number of nitrogens with zero attached hydrogens (tertiary/aromatic N) is 2. The van der Waals surface area contributed by atoms with Crippen LogP contribution in [-0.2, 0) is 4.79 Å². The molecule has 0 radical (unpaired) electrons. The molecule has 0 bridgehead atoms. The first-order valence-electron chi connectivity index (χ1n) is 10.5. The predicted molar refractivity (Wildman–Crippen MR) is 110 cm³/mol. The lowest BCUT2D eigenvalue weighted by molar-refractivity contribution is -0.196. The maximum absolute atomic E-state index is 13.2. The average Bonchev–Trinajstić information content (AvgIpc) is 3.49. The van der Waals surface area contributed by atoms with E-state index in [1.807, 2.05) is 4.90 Å². The zero-order valence-electron chi connectivity index (χ0n) is 16.7. The minimum atomic E-state index is -0.233. The molecule has 3 fully saturated rings. The minimum absolute atomic E-state index is 0.0426. The van der Waals surface area contributed by atoms with Crippen molar-refractivity contribution < 1.29 is 14.3 Å². The Bertz CT molecular complexity index is 901. The average molecular weight is 394 g/mol. The van der Waals surface area contributed by atoms with E-state index in [2.05, 4.69) is 29.2 Å². The van der Waals surface area contributed by atoms with E-state index >= 15 is 0 Å². The van der Waals surface area contributed by atoms with Crippen LogP contribution in [-0.4, -0.2) is 58.6 Å². The van der Waals surface area contributed by atoms with Gasteiger partial charge in [-0.15, -0.1) is 0 Å². The number of hydrogen-bond acceptors (Lipinski definition) is 3. The summed E-state index contributed by atoms with van der Waals surface area (Å²) in [5, 5.41) is 10.1. The molecule has 0 aromatic heterocycles. The molecule has 3 aliphatic rings. The van der Waals surface area contributed by atoms with Crippen molar-refractivity contribution in [2.45, 2.75) is 37.3 Å². The molecule has 1 aliphatic carbocycles. The number of hydrogen-bond donors (Lipinski definition) is 1. The third kappa shape index (κ3) is 3.08. The van der Waals surface area contributed by atoms with Crippen LogP contribution in [0.4, 0.5) is 4.39 Å². The van der Waals surface area contributed by atoms with Crippen molar-refractivity contribution in [3.05, 3.63) is 59.9 Å². The highest BCUT2D eigenvalue weighted by Crippen LogP contribution is 2.55. The summed E-state index contributed by atoms with van der Waals surface area (Å²) in [7, 11) is 0. The second kappa shape index (κ2) is 6.92. The molecule has 1 spiro atoms. The Morgan fingerprint density at radius 1 is 1.07 bits per heavy atom. The molecule has 5 heteroatoms. The summed E-state index contributed by atoms with van der Waals surface area (Å²) in [4.78, 5) is 16.2. The molecule has 2 aliphatic heterocycles. The van der Waals surface area contributed by atoms with E-state index in [0.29, 0.717) is 0 Å². The lowest BCUT2D eigenvalue weighted by atomic mass is 9.60. The van der Waals surface area contributed by atoms with Crippen LogP contribution in [0.1, 0.15) is 31.2 Å². The van der Waals surface area contributed by atoms with Crippen LogP contribution in [0.15, 0.2) is 48.5 Å². The highest BCUT2D eigenvalue weighted by Gasteiger charge is 2.66. The third-order valence-corrected chi connectivity index (χ3v) is 7.10. The Labute approximate surface area is 170 Å². The van der Waals surface area contributed by atoms with Crippen molar-refractivity contribution >= 4 is 5.91 Å². The molecule has 0 unspecified atom stereocenters. The van der Waals surface area contributed by atoms with Crippen molar-refractivity contribution in [2.75, 3.05) is 26.2 Å². The van der Waals surface area contributed by atoms with Gasteiger partial charge in [-0.25, -0.2) is 4.39 Å². The van der Waals surface area contributed by atoms with Gasteiger partial charge in [-0.05, 0) is 47.6 Å². The van der Waals surface area contributed by atoms with Crippen LogP contribution >= 0.6 is 0 Å². The van der Waals surface area contributed by atoms with Gasteiger partial charge in [-0.2, -0.15) is 0 Å². The van der Waals surface area contributed by atoms with Gasteiger partial charge in [0.15, 0.2) is 0 Å². The fraction of sp³-hybridized carbons (Fsp3) is 0.458. The Balaban J connectivity index is 1.41. The summed E-state index contributed by atoms with van der Waals surface area (Å²) < 4.78 is 13.2.